The number of hydrogen-bond donors (Lipinski definition) is 2. The van der Waals surface area contributed by atoms with Gasteiger partial charge in [-0.1, -0.05) is 51.8 Å². The Balaban J connectivity index is 0.000000159. The van der Waals surface area contributed by atoms with Gasteiger partial charge in [0.2, 0.25) is 0 Å². The zero-order chi connectivity index (χ0) is 36.7. The molecule has 6 saturated carbocycles. The zero-order valence-corrected chi connectivity index (χ0v) is 31.3. The molecule has 12 atom stereocenters. The number of aliphatic hydroxyl groups is 2. The minimum atomic E-state index is -1.62. The van der Waals surface area contributed by atoms with Crippen molar-refractivity contribution in [1.29, 1.82) is 0 Å². The third-order valence-corrected chi connectivity index (χ3v) is 16.5. The fourth-order valence-electron chi connectivity index (χ4n) is 13.6. The Morgan fingerprint density at radius 3 is 2.25 bits per heavy atom. The lowest BCUT2D eigenvalue weighted by Crippen LogP contribution is -2.60. The summed E-state index contributed by atoms with van der Waals surface area (Å²) >= 11 is 0. The van der Waals surface area contributed by atoms with Crippen LogP contribution in [0.1, 0.15) is 125 Å². The van der Waals surface area contributed by atoms with Crippen LogP contribution in [0.15, 0.2) is 35.5 Å². The van der Waals surface area contributed by atoms with E-state index in [4.69, 9.17) is 4.74 Å². The molecule has 0 spiro atoms. The number of rotatable bonds is 4. The number of Topliss-reactive ketones (excluding diaryl/α,β-unsaturated/α-hetero) is 2. The van der Waals surface area contributed by atoms with Gasteiger partial charge in [0.25, 0.3) is 0 Å². The molecule has 0 aliphatic heterocycles. The molecular formula is C43H58O8. The fraction of sp³-hybridized carbons (Fsp3) is 0.744. The van der Waals surface area contributed by atoms with Crippen LogP contribution in [0.5, 0.6) is 0 Å². The second-order valence-electron chi connectivity index (χ2n) is 18.4. The lowest BCUT2D eigenvalue weighted by atomic mass is 9.46. The van der Waals surface area contributed by atoms with Crippen LogP contribution >= 0.6 is 0 Å². The first kappa shape index (κ1) is 36.6. The first-order valence-corrected chi connectivity index (χ1v) is 19.8. The molecule has 0 amide bonds. The number of hydrogen-bond acceptors (Lipinski definition) is 8. The summed E-state index contributed by atoms with van der Waals surface area (Å²) < 4.78 is 5.86. The van der Waals surface area contributed by atoms with E-state index in [0.29, 0.717) is 36.9 Å². The van der Waals surface area contributed by atoms with Crippen molar-refractivity contribution in [3.8, 4) is 0 Å². The highest BCUT2D eigenvalue weighted by Crippen LogP contribution is 2.67. The summed E-state index contributed by atoms with van der Waals surface area (Å²) in [7, 11) is 0. The zero-order valence-electron chi connectivity index (χ0n) is 31.3. The van der Waals surface area contributed by atoms with Crippen LogP contribution in [0.4, 0.5) is 0 Å². The highest BCUT2D eigenvalue weighted by Gasteiger charge is 2.68. The monoisotopic (exact) mass is 702 g/mol. The molecule has 0 bridgehead atoms. The number of ether oxygens (including phenoxy) is 1. The molecule has 0 aromatic carbocycles. The highest BCUT2D eigenvalue weighted by atomic mass is 16.5. The third-order valence-electron chi connectivity index (χ3n) is 16.5. The van der Waals surface area contributed by atoms with Crippen LogP contribution in [0, 0.1) is 57.2 Å². The van der Waals surface area contributed by atoms with E-state index in [0.717, 1.165) is 56.4 Å². The van der Waals surface area contributed by atoms with Gasteiger partial charge >= 0.3 is 5.97 Å². The first-order chi connectivity index (χ1) is 24.1. The number of aliphatic hydroxyl groups excluding tert-OH is 1. The average Bonchev–Trinajstić information content (AvgIpc) is 3.57. The van der Waals surface area contributed by atoms with Gasteiger partial charge in [-0.15, -0.1) is 0 Å². The van der Waals surface area contributed by atoms with Crippen LogP contribution in [-0.2, 0) is 28.7 Å². The molecule has 0 heterocycles. The van der Waals surface area contributed by atoms with Crippen LogP contribution < -0.4 is 0 Å². The maximum atomic E-state index is 13.3. The largest absolute Gasteiger partial charge is 0.462 e. The molecule has 51 heavy (non-hydrogen) atoms. The van der Waals surface area contributed by atoms with Crippen molar-refractivity contribution in [1.82, 2.24) is 0 Å². The van der Waals surface area contributed by atoms with Gasteiger partial charge in [0, 0.05) is 41.4 Å². The van der Waals surface area contributed by atoms with Crippen LogP contribution in [-0.4, -0.2) is 57.6 Å². The summed E-state index contributed by atoms with van der Waals surface area (Å²) in [5.41, 5.74) is -0.0379. The average molecular weight is 703 g/mol. The van der Waals surface area contributed by atoms with E-state index in [1.165, 1.54) is 24.8 Å². The Morgan fingerprint density at radius 1 is 0.824 bits per heavy atom. The van der Waals surface area contributed by atoms with Crippen LogP contribution in [0.3, 0.4) is 0 Å². The van der Waals surface area contributed by atoms with Gasteiger partial charge in [0.05, 0.1) is 0 Å². The predicted octanol–water partition coefficient (Wildman–Crippen LogP) is 6.61. The lowest BCUT2D eigenvalue weighted by Gasteiger charge is -2.57. The first-order valence-electron chi connectivity index (χ1n) is 19.8. The minimum Gasteiger partial charge on any atom is -0.462 e. The van der Waals surface area contributed by atoms with Gasteiger partial charge in [-0.3, -0.25) is 24.0 Å². The van der Waals surface area contributed by atoms with Gasteiger partial charge in [-0.25, -0.2) is 0 Å². The van der Waals surface area contributed by atoms with Crippen molar-refractivity contribution in [2.75, 3.05) is 6.61 Å². The number of ketones is 4. The molecule has 278 valence electrons. The van der Waals surface area contributed by atoms with Crippen LogP contribution in [0.2, 0.25) is 0 Å². The van der Waals surface area contributed by atoms with E-state index in [-0.39, 0.29) is 58.6 Å². The van der Waals surface area contributed by atoms with Gasteiger partial charge in [0.15, 0.2) is 17.3 Å². The number of allylic oxidation sites excluding steroid dienone is 5. The van der Waals surface area contributed by atoms with Crippen molar-refractivity contribution in [3.05, 3.63) is 35.5 Å². The predicted molar refractivity (Wildman–Crippen MR) is 191 cm³/mol. The van der Waals surface area contributed by atoms with E-state index in [1.807, 2.05) is 32.9 Å². The summed E-state index contributed by atoms with van der Waals surface area (Å²) in [5, 5.41) is 20.5. The Kier molecular flexibility index (Phi) is 9.13. The van der Waals surface area contributed by atoms with Crippen molar-refractivity contribution in [3.63, 3.8) is 0 Å². The van der Waals surface area contributed by atoms with Crippen molar-refractivity contribution >= 4 is 29.1 Å². The molecule has 8 aliphatic carbocycles. The number of esters is 1. The van der Waals surface area contributed by atoms with Gasteiger partial charge < -0.3 is 14.9 Å². The lowest BCUT2D eigenvalue weighted by molar-refractivity contribution is -0.168. The standard InChI is InChI=1S/C22H32O3.C21H26O5/c1-4-20(24)25-19-8-7-17-16-6-5-14-13-15(23)9-11-21(14,2)18(16)10-12-22(17,19)3;1-19-7-5-13(23)9-12(19)3-4-14-15-6-8-21(26,17(25)11-22)20(15,2)10-16(24)18(14)19/h13,16-19H,4-12H2,1-3H3;5,7,9,14-15,18,22,26H,3-4,6,8,10-11H2,1-2H3/t16?,17?,18?,19-,21-,22-;14-,15-,18+,19-,20-,21-/m00/s1. The van der Waals surface area contributed by atoms with E-state index in [9.17, 15) is 34.2 Å². The molecule has 8 nitrogen and oxygen atoms in total. The highest BCUT2D eigenvalue weighted by molar-refractivity contribution is 6.02. The molecule has 0 saturated heterocycles. The third kappa shape index (κ3) is 5.38. The maximum Gasteiger partial charge on any atom is 0.305 e. The summed E-state index contributed by atoms with van der Waals surface area (Å²) in [4.78, 5) is 61.2. The minimum absolute atomic E-state index is 0.0206. The molecule has 2 N–H and O–H groups in total. The Labute approximate surface area is 302 Å². The summed E-state index contributed by atoms with van der Waals surface area (Å²) in [6.45, 7) is 9.88. The SMILES string of the molecule is CCC(=O)O[C@H]1CCC2C3CCC4=CC(=O)CC[C@]4(C)C3CC[C@@]21C.C[C@]12C=CC(=O)C=C1CC[C@@H]1[C@@H]2C(=O)C[C@@]2(C)[C@H]1CC[C@]2(O)C(=O)CO. The van der Waals surface area contributed by atoms with Crippen molar-refractivity contribution in [2.45, 2.75) is 136 Å². The Hall–Kier alpha value is -2.71. The van der Waals surface area contributed by atoms with Gasteiger partial charge in [-0.05, 0) is 124 Å². The van der Waals surface area contributed by atoms with Gasteiger partial charge in [0.1, 0.15) is 24.1 Å². The summed E-state index contributed by atoms with van der Waals surface area (Å²) in [5.74, 6) is 1.82. The fourth-order valence-corrected chi connectivity index (χ4v) is 13.6. The number of fused-ring (bicyclic) bond motifs is 10. The van der Waals surface area contributed by atoms with E-state index in [2.05, 4.69) is 13.8 Å². The second kappa shape index (κ2) is 12.7. The molecule has 3 unspecified atom stereocenters. The molecule has 8 aliphatic rings. The quantitative estimate of drug-likeness (QED) is 0.313. The van der Waals surface area contributed by atoms with E-state index < -0.39 is 28.8 Å². The summed E-state index contributed by atoms with van der Waals surface area (Å²) in [6, 6.07) is 0. The van der Waals surface area contributed by atoms with E-state index >= 15 is 0 Å². The van der Waals surface area contributed by atoms with Crippen LogP contribution in [0.25, 0.3) is 0 Å². The van der Waals surface area contributed by atoms with Crippen molar-refractivity contribution in [2.24, 2.45) is 57.2 Å². The van der Waals surface area contributed by atoms with E-state index in [1.54, 1.807) is 12.2 Å². The molecule has 8 heteroatoms. The second-order valence-corrected chi connectivity index (χ2v) is 18.4. The van der Waals surface area contributed by atoms with Gasteiger partial charge in [-0.2, -0.15) is 0 Å². The Bertz CT molecular complexity index is 1620. The molecule has 0 aromatic rings. The van der Waals surface area contributed by atoms with Crippen molar-refractivity contribution < 1.29 is 38.9 Å². The smallest absolute Gasteiger partial charge is 0.305 e. The normalized spacial score (nSPS) is 46.5. The Morgan fingerprint density at radius 2 is 1.53 bits per heavy atom. The molecule has 6 fully saturated rings. The topological polar surface area (TPSA) is 135 Å². The number of carbonyl (C=O) groups excluding carboxylic acids is 5. The molecule has 8 rings (SSSR count). The molecule has 0 radical (unpaired) electrons. The molecule has 0 aromatic heterocycles. The maximum absolute atomic E-state index is 13.3. The molecular weight excluding hydrogens is 644 g/mol. The summed E-state index contributed by atoms with van der Waals surface area (Å²) in [6.07, 6.45) is 19.1. The number of carbonyl (C=O) groups is 5.